The maximum absolute atomic E-state index is 12.6. The van der Waals surface area contributed by atoms with E-state index in [1.807, 2.05) is 39.0 Å². The van der Waals surface area contributed by atoms with Crippen LogP contribution < -0.4 is 4.74 Å². The highest BCUT2D eigenvalue weighted by Crippen LogP contribution is 2.22. The molecule has 0 radical (unpaired) electrons. The van der Waals surface area contributed by atoms with Crippen molar-refractivity contribution < 1.29 is 19.1 Å². The molecule has 1 fully saturated rings. The van der Waals surface area contributed by atoms with Crippen molar-refractivity contribution in [2.75, 3.05) is 33.3 Å². The van der Waals surface area contributed by atoms with Gasteiger partial charge in [-0.05, 0) is 32.4 Å². The summed E-state index contributed by atoms with van der Waals surface area (Å²) in [6, 6.07) is 5.68. The summed E-state index contributed by atoms with van der Waals surface area (Å²) >= 11 is 0. The van der Waals surface area contributed by atoms with Gasteiger partial charge in [0.25, 0.3) is 0 Å². The van der Waals surface area contributed by atoms with Crippen LogP contribution in [-0.4, -0.2) is 60.7 Å². The van der Waals surface area contributed by atoms with Crippen molar-refractivity contribution in [2.45, 2.75) is 32.8 Å². The number of methoxy groups -OCH3 is 1. The fourth-order valence-corrected chi connectivity index (χ4v) is 2.77. The molecule has 0 aliphatic carbocycles. The van der Waals surface area contributed by atoms with Crippen molar-refractivity contribution >= 4 is 18.1 Å². The van der Waals surface area contributed by atoms with Gasteiger partial charge >= 0.3 is 6.09 Å². The Morgan fingerprint density at radius 1 is 1.15 bits per heavy atom. The molecular weight excluding hydrogens is 332 g/mol. The largest absolute Gasteiger partial charge is 0.496 e. The van der Waals surface area contributed by atoms with Crippen LogP contribution in [-0.2, 0) is 16.0 Å². The number of amides is 2. The molecule has 1 aromatic carbocycles. The van der Waals surface area contributed by atoms with E-state index >= 15 is 0 Å². The first-order valence-corrected chi connectivity index (χ1v) is 8.78. The smallest absolute Gasteiger partial charge is 0.410 e. The second kappa shape index (κ2) is 8.25. The quantitative estimate of drug-likeness (QED) is 0.828. The Kier molecular flexibility index (Phi) is 6.29. The average Bonchev–Trinajstić information content (AvgIpc) is 2.60. The molecule has 0 atom stereocenters. The summed E-state index contributed by atoms with van der Waals surface area (Å²) in [6.45, 7) is 11.2. The molecule has 1 aromatic rings. The van der Waals surface area contributed by atoms with Gasteiger partial charge in [0.1, 0.15) is 11.4 Å². The normalized spacial score (nSPS) is 14.8. The SMILES string of the molecule is C=Cc1ccc(CC(=O)N2CCN(C(=O)OC(C)(C)C)CC2)c(OC)c1. The molecule has 0 N–H and O–H groups in total. The van der Waals surface area contributed by atoms with Gasteiger partial charge < -0.3 is 19.3 Å². The minimum Gasteiger partial charge on any atom is -0.496 e. The molecule has 0 unspecified atom stereocenters. The molecule has 1 heterocycles. The van der Waals surface area contributed by atoms with Crippen LogP contribution in [0.25, 0.3) is 6.08 Å². The number of rotatable bonds is 4. The van der Waals surface area contributed by atoms with Gasteiger partial charge in [0.2, 0.25) is 5.91 Å². The maximum atomic E-state index is 12.6. The summed E-state index contributed by atoms with van der Waals surface area (Å²) in [4.78, 5) is 28.1. The Bertz CT molecular complexity index is 671. The van der Waals surface area contributed by atoms with Crippen molar-refractivity contribution in [3.05, 3.63) is 35.9 Å². The van der Waals surface area contributed by atoms with Gasteiger partial charge in [-0.3, -0.25) is 4.79 Å². The third kappa shape index (κ3) is 5.25. The second-order valence-corrected chi connectivity index (χ2v) is 7.30. The summed E-state index contributed by atoms with van der Waals surface area (Å²) in [5, 5.41) is 0. The fourth-order valence-electron chi connectivity index (χ4n) is 2.77. The number of piperazine rings is 1. The minimum atomic E-state index is -0.516. The Morgan fingerprint density at radius 3 is 2.31 bits per heavy atom. The Morgan fingerprint density at radius 2 is 1.77 bits per heavy atom. The molecular formula is C20H28N2O4. The molecule has 26 heavy (non-hydrogen) atoms. The number of carbonyl (C=O) groups excluding carboxylic acids is 2. The van der Waals surface area contributed by atoms with E-state index in [0.717, 1.165) is 11.1 Å². The summed E-state index contributed by atoms with van der Waals surface area (Å²) in [7, 11) is 1.59. The molecule has 2 amide bonds. The van der Waals surface area contributed by atoms with Crippen LogP contribution in [0.3, 0.4) is 0 Å². The number of benzene rings is 1. The van der Waals surface area contributed by atoms with E-state index in [-0.39, 0.29) is 18.4 Å². The number of ether oxygens (including phenoxy) is 2. The maximum Gasteiger partial charge on any atom is 0.410 e. The first-order chi connectivity index (χ1) is 12.2. The lowest BCUT2D eigenvalue weighted by molar-refractivity contribution is -0.132. The molecule has 1 aliphatic rings. The highest BCUT2D eigenvalue weighted by Gasteiger charge is 2.27. The van der Waals surface area contributed by atoms with Crippen LogP contribution in [0.1, 0.15) is 31.9 Å². The molecule has 0 bridgehead atoms. The highest BCUT2D eigenvalue weighted by molar-refractivity contribution is 5.80. The highest BCUT2D eigenvalue weighted by atomic mass is 16.6. The van der Waals surface area contributed by atoms with E-state index in [2.05, 4.69) is 6.58 Å². The lowest BCUT2D eigenvalue weighted by atomic mass is 10.1. The van der Waals surface area contributed by atoms with Crippen LogP contribution in [0.4, 0.5) is 4.79 Å². The van der Waals surface area contributed by atoms with Crippen LogP contribution >= 0.6 is 0 Å². The van der Waals surface area contributed by atoms with Crippen LogP contribution in [0.5, 0.6) is 5.75 Å². The van der Waals surface area contributed by atoms with Crippen molar-refractivity contribution in [3.63, 3.8) is 0 Å². The van der Waals surface area contributed by atoms with E-state index in [4.69, 9.17) is 9.47 Å². The van der Waals surface area contributed by atoms with Crippen molar-refractivity contribution in [2.24, 2.45) is 0 Å². The second-order valence-electron chi connectivity index (χ2n) is 7.30. The molecule has 1 aliphatic heterocycles. The van der Waals surface area contributed by atoms with E-state index in [1.54, 1.807) is 23.0 Å². The first-order valence-electron chi connectivity index (χ1n) is 8.78. The molecule has 0 aromatic heterocycles. The minimum absolute atomic E-state index is 0.0264. The van der Waals surface area contributed by atoms with E-state index in [1.165, 1.54) is 0 Å². The van der Waals surface area contributed by atoms with Crippen LogP contribution in [0, 0.1) is 0 Å². The Hall–Kier alpha value is -2.50. The number of hydrogen-bond donors (Lipinski definition) is 0. The fraction of sp³-hybridized carbons (Fsp3) is 0.500. The average molecular weight is 360 g/mol. The summed E-state index contributed by atoms with van der Waals surface area (Å²) in [5.74, 6) is 0.710. The zero-order valence-electron chi connectivity index (χ0n) is 16.1. The summed E-state index contributed by atoms with van der Waals surface area (Å²) in [6.07, 6.45) is 1.68. The lowest BCUT2D eigenvalue weighted by Gasteiger charge is -2.35. The molecule has 0 saturated carbocycles. The van der Waals surface area contributed by atoms with E-state index in [9.17, 15) is 9.59 Å². The zero-order chi connectivity index (χ0) is 19.3. The van der Waals surface area contributed by atoms with E-state index < -0.39 is 5.60 Å². The van der Waals surface area contributed by atoms with Crippen LogP contribution in [0.2, 0.25) is 0 Å². The lowest BCUT2D eigenvalue weighted by Crippen LogP contribution is -2.52. The van der Waals surface area contributed by atoms with Crippen molar-refractivity contribution in [1.82, 2.24) is 9.80 Å². The third-order valence-electron chi connectivity index (χ3n) is 4.17. The monoisotopic (exact) mass is 360 g/mol. The molecule has 0 spiro atoms. The van der Waals surface area contributed by atoms with Crippen molar-refractivity contribution in [1.29, 1.82) is 0 Å². The molecule has 142 valence electrons. The van der Waals surface area contributed by atoms with Crippen LogP contribution in [0.15, 0.2) is 24.8 Å². The number of nitrogens with zero attached hydrogens (tertiary/aromatic N) is 2. The van der Waals surface area contributed by atoms with Gasteiger partial charge in [-0.2, -0.15) is 0 Å². The predicted molar refractivity (Wildman–Crippen MR) is 101 cm³/mol. The first kappa shape index (κ1) is 19.8. The van der Waals surface area contributed by atoms with Gasteiger partial charge in [-0.15, -0.1) is 0 Å². The number of carbonyl (C=O) groups is 2. The predicted octanol–water partition coefficient (Wildman–Crippen LogP) is 2.96. The Balaban J connectivity index is 1.93. The molecule has 6 heteroatoms. The third-order valence-corrected chi connectivity index (χ3v) is 4.17. The number of hydrogen-bond acceptors (Lipinski definition) is 4. The van der Waals surface area contributed by atoms with Gasteiger partial charge in [0.15, 0.2) is 0 Å². The molecule has 6 nitrogen and oxygen atoms in total. The summed E-state index contributed by atoms with van der Waals surface area (Å²) in [5.41, 5.74) is 1.28. The molecule has 1 saturated heterocycles. The molecule has 2 rings (SSSR count). The van der Waals surface area contributed by atoms with Gasteiger partial charge in [-0.1, -0.05) is 24.8 Å². The van der Waals surface area contributed by atoms with Gasteiger partial charge in [0, 0.05) is 31.7 Å². The van der Waals surface area contributed by atoms with E-state index in [0.29, 0.717) is 31.9 Å². The van der Waals surface area contributed by atoms with Gasteiger partial charge in [-0.25, -0.2) is 4.79 Å². The Labute approximate surface area is 155 Å². The standard InChI is InChI=1S/C20H28N2O4/c1-6-15-7-8-16(17(13-15)25-5)14-18(23)21-9-11-22(12-10-21)19(24)26-20(2,3)4/h6-8,13H,1,9-12,14H2,2-5H3. The summed E-state index contributed by atoms with van der Waals surface area (Å²) < 4.78 is 10.8. The van der Waals surface area contributed by atoms with Crippen molar-refractivity contribution in [3.8, 4) is 5.75 Å². The topological polar surface area (TPSA) is 59.1 Å². The zero-order valence-corrected chi connectivity index (χ0v) is 16.1. The van der Waals surface area contributed by atoms with Gasteiger partial charge in [0.05, 0.1) is 13.5 Å².